The van der Waals surface area contributed by atoms with Gasteiger partial charge in [0.2, 0.25) is 0 Å². The van der Waals surface area contributed by atoms with Gasteiger partial charge in [-0.05, 0) is 57.4 Å². The van der Waals surface area contributed by atoms with Crippen LogP contribution >= 0.6 is 0 Å². The van der Waals surface area contributed by atoms with Gasteiger partial charge in [-0.2, -0.15) is 5.10 Å². The molecule has 1 aliphatic rings. The van der Waals surface area contributed by atoms with Crippen LogP contribution in [0.5, 0.6) is 0 Å². The smallest absolute Gasteiger partial charge is 0.306 e. The van der Waals surface area contributed by atoms with Gasteiger partial charge in [-0.3, -0.25) is 9.59 Å². The Balaban J connectivity index is 1.73. The highest BCUT2D eigenvalue weighted by Gasteiger charge is 2.30. The Labute approximate surface area is 144 Å². The van der Waals surface area contributed by atoms with E-state index in [4.69, 9.17) is 5.11 Å². The number of nitrogens with zero attached hydrogens (tertiary/aromatic N) is 2. The molecule has 1 fully saturated rings. The molecule has 132 valence electrons. The summed E-state index contributed by atoms with van der Waals surface area (Å²) in [7, 11) is 0. The molecule has 2 atom stereocenters. The second-order valence-corrected chi connectivity index (χ2v) is 6.52. The molecule has 1 aromatic carbocycles. The number of aromatic nitrogens is 2. The number of rotatable bonds is 4. The third-order valence-corrected chi connectivity index (χ3v) is 4.56. The summed E-state index contributed by atoms with van der Waals surface area (Å²) in [5.41, 5.74) is 2.09. The van der Waals surface area contributed by atoms with Gasteiger partial charge in [-0.15, -0.1) is 0 Å². The lowest BCUT2D eigenvalue weighted by Gasteiger charge is -2.13. The molecule has 0 radical (unpaired) electrons. The molecule has 3 rings (SSSR count). The second-order valence-electron chi connectivity index (χ2n) is 6.52. The number of carboxylic acids is 1. The Morgan fingerprint density at radius 1 is 1.28 bits per heavy atom. The summed E-state index contributed by atoms with van der Waals surface area (Å²) in [4.78, 5) is 23.3. The van der Waals surface area contributed by atoms with Crippen LogP contribution in [0, 0.1) is 25.6 Å². The van der Waals surface area contributed by atoms with E-state index in [1.54, 1.807) is 6.07 Å². The van der Waals surface area contributed by atoms with E-state index in [1.165, 1.54) is 16.8 Å². The van der Waals surface area contributed by atoms with Crippen LogP contribution in [0.4, 0.5) is 4.39 Å². The number of carbonyl (C=O) groups is 2. The van der Waals surface area contributed by atoms with Gasteiger partial charge in [0.15, 0.2) is 0 Å². The van der Waals surface area contributed by atoms with Crippen molar-refractivity contribution in [2.24, 2.45) is 5.92 Å². The Morgan fingerprint density at radius 2 is 2.04 bits per heavy atom. The van der Waals surface area contributed by atoms with Gasteiger partial charge in [-0.1, -0.05) is 0 Å². The van der Waals surface area contributed by atoms with Crippen molar-refractivity contribution in [3.8, 4) is 5.69 Å². The number of nitrogens with one attached hydrogen (secondary N) is 1. The molecule has 6 nitrogen and oxygen atoms in total. The first kappa shape index (κ1) is 17.1. The molecule has 1 aromatic heterocycles. The normalized spacial score (nSPS) is 19.8. The maximum Gasteiger partial charge on any atom is 0.306 e. The Morgan fingerprint density at radius 3 is 2.60 bits per heavy atom. The van der Waals surface area contributed by atoms with E-state index in [1.807, 2.05) is 19.9 Å². The van der Waals surface area contributed by atoms with Crippen molar-refractivity contribution >= 4 is 11.9 Å². The first-order valence-electron chi connectivity index (χ1n) is 8.22. The summed E-state index contributed by atoms with van der Waals surface area (Å²) >= 11 is 0. The summed E-state index contributed by atoms with van der Waals surface area (Å²) in [6.07, 6.45) is 1.58. The minimum absolute atomic E-state index is 0.188. The maximum atomic E-state index is 14.4. The van der Waals surface area contributed by atoms with Crippen LogP contribution < -0.4 is 5.32 Å². The van der Waals surface area contributed by atoms with Gasteiger partial charge in [0.25, 0.3) is 5.91 Å². The lowest BCUT2D eigenvalue weighted by molar-refractivity contribution is -0.141. The number of hydrogen-bond donors (Lipinski definition) is 2. The van der Waals surface area contributed by atoms with Crippen molar-refractivity contribution in [2.75, 3.05) is 0 Å². The molecule has 1 amide bonds. The van der Waals surface area contributed by atoms with Crippen LogP contribution in [0.15, 0.2) is 24.3 Å². The molecule has 1 heterocycles. The van der Waals surface area contributed by atoms with E-state index in [2.05, 4.69) is 10.4 Å². The van der Waals surface area contributed by atoms with E-state index in [0.717, 1.165) is 11.4 Å². The third-order valence-electron chi connectivity index (χ3n) is 4.56. The van der Waals surface area contributed by atoms with E-state index in [-0.39, 0.29) is 17.3 Å². The van der Waals surface area contributed by atoms with Gasteiger partial charge in [0.05, 0.1) is 11.6 Å². The van der Waals surface area contributed by atoms with Crippen LogP contribution in [-0.4, -0.2) is 32.8 Å². The Hall–Kier alpha value is -2.70. The number of amides is 1. The summed E-state index contributed by atoms with van der Waals surface area (Å²) in [6.45, 7) is 3.66. The molecule has 0 bridgehead atoms. The van der Waals surface area contributed by atoms with Gasteiger partial charge in [0.1, 0.15) is 11.5 Å². The minimum Gasteiger partial charge on any atom is -0.481 e. The largest absolute Gasteiger partial charge is 0.481 e. The molecule has 2 aromatic rings. The zero-order valence-electron chi connectivity index (χ0n) is 14.1. The van der Waals surface area contributed by atoms with Crippen LogP contribution in [0.1, 0.15) is 41.0 Å². The molecule has 25 heavy (non-hydrogen) atoms. The number of carbonyl (C=O) groups excluding carboxylic acids is 1. The number of halogens is 1. The monoisotopic (exact) mass is 345 g/mol. The fraction of sp³-hybridized carbons (Fsp3) is 0.389. The second kappa shape index (κ2) is 6.66. The summed E-state index contributed by atoms with van der Waals surface area (Å²) in [5.74, 6) is -2.18. The standard InChI is InChI=1S/C18H20FN3O3/c1-10-7-11(2)22(21-10)16-6-4-12(9-15(16)19)17(23)20-14-5-3-13(8-14)18(24)25/h4,6-7,9,13-14H,3,5,8H2,1-2H3,(H,20,23)(H,24,25)/t13-,14+/m1/s1. The lowest BCUT2D eigenvalue weighted by atomic mass is 10.1. The highest BCUT2D eigenvalue weighted by Crippen LogP contribution is 2.26. The van der Waals surface area contributed by atoms with Gasteiger partial charge >= 0.3 is 5.97 Å². The first-order chi connectivity index (χ1) is 11.8. The van der Waals surface area contributed by atoms with Gasteiger partial charge in [0, 0.05) is 17.3 Å². The molecular weight excluding hydrogens is 325 g/mol. The number of aliphatic carboxylic acids is 1. The van der Waals surface area contributed by atoms with E-state index >= 15 is 0 Å². The molecule has 0 saturated heterocycles. The van der Waals surface area contributed by atoms with Crippen LogP contribution in [0.3, 0.4) is 0 Å². The van der Waals surface area contributed by atoms with Crippen molar-refractivity contribution in [2.45, 2.75) is 39.2 Å². The van der Waals surface area contributed by atoms with Crippen LogP contribution in [-0.2, 0) is 4.79 Å². The summed E-state index contributed by atoms with van der Waals surface area (Å²) in [5, 5.41) is 16.0. The fourth-order valence-corrected chi connectivity index (χ4v) is 3.30. The average Bonchev–Trinajstić information content (AvgIpc) is 3.13. The topological polar surface area (TPSA) is 84.2 Å². The number of benzene rings is 1. The van der Waals surface area contributed by atoms with Crippen molar-refractivity contribution in [3.05, 3.63) is 47.0 Å². The fourth-order valence-electron chi connectivity index (χ4n) is 3.30. The van der Waals surface area contributed by atoms with Crippen LogP contribution in [0.2, 0.25) is 0 Å². The highest BCUT2D eigenvalue weighted by molar-refractivity contribution is 5.94. The Bertz CT molecular complexity index is 831. The molecule has 1 aliphatic carbocycles. The minimum atomic E-state index is -0.836. The maximum absolute atomic E-state index is 14.4. The van der Waals surface area contributed by atoms with Crippen molar-refractivity contribution in [3.63, 3.8) is 0 Å². The number of aryl methyl sites for hydroxylation is 2. The first-order valence-corrected chi connectivity index (χ1v) is 8.22. The van der Waals surface area contributed by atoms with E-state index in [9.17, 15) is 14.0 Å². The Kier molecular flexibility index (Phi) is 4.57. The zero-order chi connectivity index (χ0) is 18.1. The lowest BCUT2D eigenvalue weighted by Crippen LogP contribution is -2.33. The third kappa shape index (κ3) is 3.55. The average molecular weight is 345 g/mol. The predicted octanol–water partition coefficient (Wildman–Crippen LogP) is 2.61. The summed E-state index contributed by atoms with van der Waals surface area (Å²) < 4.78 is 15.9. The molecule has 0 unspecified atom stereocenters. The number of hydrogen-bond acceptors (Lipinski definition) is 3. The molecular formula is C18H20FN3O3. The molecule has 0 aliphatic heterocycles. The SMILES string of the molecule is Cc1cc(C)n(-c2ccc(C(=O)N[C@H]3CC[C@@H](C(=O)O)C3)cc2F)n1. The molecule has 1 saturated carbocycles. The quantitative estimate of drug-likeness (QED) is 0.892. The summed E-state index contributed by atoms with van der Waals surface area (Å²) in [6, 6.07) is 5.92. The zero-order valence-corrected chi connectivity index (χ0v) is 14.1. The van der Waals surface area contributed by atoms with E-state index in [0.29, 0.717) is 19.3 Å². The van der Waals surface area contributed by atoms with Crippen molar-refractivity contribution in [1.29, 1.82) is 0 Å². The predicted molar refractivity (Wildman–Crippen MR) is 89.2 cm³/mol. The molecule has 7 heteroatoms. The van der Waals surface area contributed by atoms with E-state index < -0.39 is 23.6 Å². The molecule has 2 N–H and O–H groups in total. The van der Waals surface area contributed by atoms with Gasteiger partial charge < -0.3 is 10.4 Å². The number of carboxylic acid groups (broad SMARTS) is 1. The highest BCUT2D eigenvalue weighted by atomic mass is 19.1. The van der Waals surface area contributed by atoms with Gasteiger partial charge in [-0.25, -0.2) is 9.07 Å². The molecule has 0 spiro atoms. The van der Waals surface area contributed by atoms with Crippen molar-refractivity contribution in [1.82, 2.24) is 15.1 Å². The van der Waals surface area contributed by atoms with Crippen molar-refractivity contribution < 1.29 is 19.1 Å². The van der Waals surface area contributed by atoms with Crippen LogP contribution in [0.25, 0.3) is 5.69 Å².